The van der Waals surface area contributed by atoms with Crippen molar-refractivity contribution in [2.24, 2.45) is 5.92 Å². The van der Waals surface area contributed by atoms with Gasteiger partial charge in [0, 0.05) is 18.8 Å². The van der Waals surface area contributed by atoms with Gasteiger partial charge in [0.15, 0.2) is 0 Å². The summed E-state index contributed by atoms with van der Waals surface area (Å²) in [5.41, 5.74) is 2.72. The maximum Gasteiger partial charge on any atom is 0.225 e. The Balaban J connectivity index is 1.57. The van der Waals surface area contributed by atoms with Crippen molar-refractivity contribution >= 4 is 11.6 Å². The summed E-state index contributed by atoms with van der Waals surface area (Å²) in [6.07, 6.45) is 2.54. The number of benzene rings is 2. The van der Waals surface area contributed by atoms with Crippen molar-refractivity contribution < 1.29 is 9.18 Å². The molecule has 1 N–H and O–H groups in total. The van der Waals surface area contributed by atoms with Gasteiger partial charge in [0.25, 0.3) is 0 Å². The van der Waals surface area contributed by atoms with E-state index in [0.717, 1.165) is 24.6 Å². The van der Waals surface area contributed by atoms with Crippen LogP contribution in [-0.2, 0) is 11.2 Å². The molecule has 1 amide bonds. The highest BCUT2D eigenvalue weighted by molar-refractivity contribution is 5.79. The van der Waals surface area contributed by atoms with Gasteiger partial charge in [-0.05, 0) is 55.0 Å². The van der Waals surface area contributed by atoms with Gasteiger partial charge in [-0.2, -0.15) is 0 Å². The molecule has 0 saturated carbocycles. The maximum atomic E-state index is 13.7. The topological polar surface area (TPSA) is 32.3 Å². The van der Waals surface area contributed by atoms with Crippen LogP contribution in [-0.4, -0.2) is 19.0 Å². The van der Waals surface area contributed by atoms with E-state index in [9.17, 15) is 9.18 Å². The molecule has 1 fully saturated rings. The molecule has 3 nitrogen and oxygen atoms in total. The number of halogens is 1. The summed E-state index contributed by atoms with van der Waals surface area (Å²) in [6, 6.07) is 14.7. The Bertz CT molecular complexity index is 736. The molecule has 0 aromatic heterocycles. The number of nitrogens with one attached hydrogen (secondary N) is 1. The van der Waals surface area contributed by atoms with Crippen LogP contribution in [0.4, 0.5) is 10.1 Å². The number of piperidine rings is 1. The number of carbonyl (C=O) groups is 1. The summed E-state index contributed by atoms with van der Waals surface area (Å²) in [5, 5.41) is 2.96. The second kappa shape index (κ2) is 8.35. The Labute approximate surface area is 155 Å². The predicted octanol–water partition coefficient (Wildman–Crippen LogP) is 4.48. The molecule has 138 valence electrons. The number of anilines is 1. The summed E-state index contributed by atoms with van der Waals surface area (Å²) in [6.45, 7) is 6.48. The van der Waals surface area contributed by atoms with Crippen molar-refractivity contribution in [3.8, 4) is 0 Å². The molecule has 0 spiro atoms. The van der Waals surface area contributed by atoms with E-state index in [4.69, 9.17) is 0 Å². The van der Waals surface area contributed by atoms with Crippen LogP contribution < -0.4 is 10.2 Å². The molecule has 1 aliphatic heterocycles. The van der Waals surface area contributed by atoms with Gasteiger partial charge in [-0.25, -0.2) is 4.39 Å². The number of nitrogens with zero attached hydrogens (tertiary/aromatic N) is 1. The quantitative estimate of drug-likeness (QED) is 0.858. The minimum atomic E-state index is -0.337. The lowest BCUT2D eigenvalue weighted by molar-refractivity contribution is -0.121. The minimum absolute atomic E-state index is 0.0566. The van der Waals surface area contributed by atoms with Crippen LogP contribution in [0.5, 0.6) is 0 Å². The van der Waals surface area contributed by atoms with Crippen molar-refractivity contribution in [1.29, 1.82) is 0 Å². The van der Waals surface area contributed by atoms with Gasteiger partial charge in [0.05, 0.1) is 12.5 Å². The van der Waals surface area contributed by atoms with Crippen LogP contribution in [0, 0.1) is 11.7 Å². The van der Waals surface area contributed by atoms with E-state index in [-0.39, 0.29) is 24.2 Å². The van der Waals surface area contributed by atoms with Crippen LogP contribution >= 0.6 is 0 Å². The molecule has 1 unspecified atom stereocenters. The fraction of sp³-hybridized carbons (Fsp3) is 0.409. The van der Waals surface area contributed by atoms with Crippen molar-refractivity contribution in [1.82, 2.24) is 5.32 Å². The largest absolute Gasteiger partial charge is 0.372 e. The van der Waals surface area contributed by atoms with E-state index in [0.29, 0.717) is 5.56 Å². The molecule has 1 saturated heterocycles. The Hall–Kier alpha value is -2.36. The first-order chi connectivity index (χ1) is 12.5. The van der Waals surface area contributed by atoms with E-state index in [1.807, 2.05) is 6.92 Å². The molecule has 0 bridgehead atoms. The summed E-state index contributed by atoms with van der Waals surface area (Å²) in [4.78, 5) is 14.6. The summed E-state index contributed by atoms with van der Waals surface area (Å²) < 4.78 is 13.7. The van der Waals surface area contributed by atoms with Gasteiger partial charge in [-0.1, -0.05) is 37.3 Å². The Kier molecular flexibility index (Phi) is 5.92. The zero-order valence-corrected chi connectivity index (χ0v) is 15.5. The first-order valence-corrected chi connectivity index (χ1v) is 9.40. The number of hydrogen-bond donors (Lipinski definition) is 1. The van der Waals surface area contributed by atoms with Gasteiger partial charge >= 0.3 is 0 Å². The van der Waals surface area contributed by atoms with Gasteiger partial charge in [0.1, 0.15) is 5.82 Å². The third-order valence-corrected chi connectivity index (χ3v) is 5.23. The average Bonchev–Trinajstić information content (AvgIpc) is 2.64. The van der Waals surface area contributed by atoms with Crippen LogP contribution in [0.2, 0.25) is 0 Å². The summed E-state index contributed by atoms with van der Waals surface area (Å²) in [5.74, 6) is 0.308. The van der Waals surface area contributed by atoms with Crippen molar-refractivity contribution in [3.05, 3.63) is 65.5 Å². The second-order valence-electron chi connectivity index (χ2n) is 7.32. The van der Waals surface area contributed by atoms with E-state index in [1.165, 1.54) is 24.6 Å². The van der Waals surface area contributed by atoms with Crippen LogP contribution in [0.1, 0.15) is 43.9 Å². The SMILES string of the molecule is CC1CCN(c2ccc(C(C)NC(=O)Cc3ccccc3F)cc2)CC1. The lowest BCUT2D eigenvalue weighted by Crippen LogP contribution is -2.32. The molecule has 1 heterocycles. The van der Waals surface area contributed by atoms with Gasteiger partial charge in [-0.15, -0.1) is 0 Å². The standard InChI is InChI=1S/C22H27FN2O/c1-16-11-13-25(14-12-16)20-9-7-18(8-10-20)17(2)24-22(26)15-19-5-3-4-6-21(19)23/h3-10,16-17H,11-15H2,1-2H3,(H,24,26). The normalized spacial score (nSPS) is 16.3. The molecule has 2 aromatic rings. The van der Waals surface area contributed by atoms with Crippen molar-refractivity contribution in [2.45, 2.75) is 39.2 Å². The molecule has 1 atom stereocenters. The maximum absolute atomic E-state index is 13.7. The lowest BCUT2D eigenvalue weighted by Gasteiger charge is -2.32. The second-order valence-corrected chi connectivity index (χ2v) is 7.32. The van der Waals surface area contributed by atoms with Crippen LogP contribution in [0.25, 0.3) is 0 Å². The number of amides is 1. The molecule has 0 radical (unpaired) electrons. The predicted molar refractivity (Wildman–Crippen MR) is 104 cm³/mol. The molecular formula is C22H27FN2O. The zero-order valence-electron chi connectivity index (χ0n) is 15.5. The van der Waals surface area contributed by atoms with Gasteiger partial charge in [0.2, 0.25) is 5.91 Å². The molecular weight excluding hydrogens is 327 g/mol. The highest BCUT2D eigenvalue weighted by atomic mass is 19.1. The van der Waals surface area contributed by atoms with Gasteiger partial charge in [-0.3, -0.25) is 4.79 Å². The number of carbonyl (C=O) groups excluding carboxylic acids is 1. The van der Waals surface area contributed by atoms with Crippen LogP contribution in [0.3, 0.4) is 0 Å². The summed E-state index contributed by atoms with van der Waals surface area (Å²) in [7, 11) is 0. The Morgan fingerprint density at radius 3 is 2.46 bits per heavy atom. The van der Waals surface area contributed by atoms with Crippen molar-refractivity contribution in [2.75, 3.05) is 18.0 Å². The fourth-order valence-corrected chi connectivity index (χ4v) is 3.43. The van der Waals surface area contributed by atoms with E-state index < -0.39 is 0 Å². The first kappa shape index (κ1) is 18.4. The smallest absolute Gasteiger partial charge is 0.225 e. The van der Waals surface area contributed by atoms with E-state index >= 15 is 0 Å². The molecule has 0 aliphatic carbocycles. The summed E-state index contributed by atoms with van der Waals surface area (Å²) >= 11 is 0. The molecule has 1 aliphatic rings. The molecule has 3 rings (SSSR count). The highest BCUT2D eigenvalue weighted by Gasteiger charge is 2.17. The monoisotopic (exact) mass is 354 g/mol. The number of hydrogen-bond acceptors (Lipinski definition) is 2. The zero-order chi connectivity index (χ0) is 18.5. The Morgan fingerprint density at radius 2 is 1.81 bits per heavy atom. The Morgan fingerprint density at radius 1 is 1.15 bits per heavy atom. The molecule has 2 aromatic carbocycles. The average molecular weight is 354 g/mol. The van der Waals surface area contributed by atoms with Gasteiger partial charge < -0.3 is 10.2 Å². The third kappa shape index (κ3) is 4.63. The third-order valence-electron chi connectivity index (χ3n) is 5.23. The van der Waals surface area contributed by atoms with E-state index in [2.05, 4.69) is 41.4 Å². The van der Waals surface area contributed by atoms with Crippen molar-refractivity contribution in [3.63, 3.8) is 0 Å². The molecule has 26 heavy (non-hydrogen) atoms. The van der Waals surface area contributed by atoms with E-state index in [1.54, 1.807) is 18.2 Å². The molecule has 4 heteroatoms. The van der Waals surface area contributed by atoms with Crippen LogP contribution in [0.15, 0.2) is 48.5 Å². The fourth-order valence-electron chi connectivity index (χ4n) is 3.43. The first-order valence-electron chi connectivity index (χ1n) is 9.40. The minimum Gasteiger partial charge on any atom is -0.372 e. The number of rotatable bonds is 5. The lowest BCUT2D eigenvalue weighted by atomic mass is 9.98. The highest BCUT2D eigenvalue weighted by Crippen LogP contribution is 2.24.